The molecule has 0 aliphatic heterocycles. The van der Waals surface area contributed by atoms with Crippen molar-refractivity contribution in [3.05, 3.63) is 18.5 Å². The van der Waals surface area contributed by atoms with Gasteiger partial charge in [-0.25, -0.2) is 0 Å². The molecule has 0 radical (unpaired) electrons. The molecule has 2 rings (SSSR count). The fourth-order valence-electron chi connectivity index (χ4n) is 2.62. The summed E-state index contributed by atoms with van der Waals surface area (Å²) in [6, 6.07) is 1.80. The summed E-state index contributed by atoms with van der Waals surface area (Å²) in [6.45, 7) is 0. The van der Waals surface area contributed by atoms with E-state index in [1.165, 1.54) is 12.8 Å². The molecule has 1 aromatic heterocycles. The molecule has 0 spiro atoms. The van der Waals surface area contributed by atoms with Crippen molar-refractivity contribution >= 4 is 17.3 Å². The van der Waals surface area contributed by atoms with Gasteiger partial charge in [-0.1, -0.05) is 25.7 Å². The van der Waals surface area contributed by atoms with Crippen LogP contribution >= 0.6 is 0 Å². The number of anilines is 2. The Labute approximate surface area is 108 Å². The third-order valence-corrected chi connectivity index (χ3v) is 3.72. The molecule has 0 aromatic carbocycles. The fraction of sp³-hybridized carbons (Fsp3) is 0.571. The number of amides is 1. The van der Waals surface area contributed by atoms with Gasteiger partial charge in [0.1, 0.15) is 0 Å². The van der Waals surface area contributed by atoms with Crippen molar-refractivity contribution < 1.29 is 4.79 Å². The van der Waals surface area contributed by atoms with Crippen LogP contribution in [0.2, 0.25) is 0 Å². The van der Waals surface area contributed by atoms with E-state index < -0.39 is 0 Å². The molecule has 98 valence electrons. The average molecular weight is 247 g/mol. The number of nitrogens with zero attached hydrogens (tertiary/aromatic N) is 2. The average Bonchev–Trinajstić information content (AvgIpc) is 2.66. The number of pyridine rings is 1. The molecule has 1 fully saturated rings. The molecule has 1 aliphatic carbocycles. The number of carbonyl (C=O) groups excluding carboxylic acids is 1. The summed E-state index contributed by atoms with van der Waals surface area (Å²) < 4.78 is 0. The van der Waals surface area contributed by atoms with Crippen LogP contribution in [0.1, 0.15) is 38.5 Å². The van der Waals surface area contributed by atoms with Gasteiger partial charge in [-0.15, -0.1) is 0 Å². The fourth-order valence-corrected chi connectivity index (χ4v) is 2.62. The number of carbonyl (C=O) groups is 1. The topological polar surface area (TPSA) is 59.2 Å². The zero-order valence-electron chi connectivity index (χ0n) is 10.9. The van der Waals surface area contributed by atoms with E-state index in [1.54, 1.807) is 30.4 Å². The van der Waals surface area contributed by atoms with Crippen LogP contribution in [0.4, 0.5) is 11.4 Å². The van der Waals surface area contributed by atoms with Crippen LogP contribution in [0, 0.1) is 5.92 Å². The maximum Gasteiger partial charge on any atom is 0.229 e. The summed E-state index contributed by atoms with van der Waals surface area (Å²) in [4.78, 5) is 18.1. The van der Waals surface area contributed by atoms with Crippen LogP contribution < -0.4 is 10.6 Å². The first-order chi connectivity index (χ1) is 8.70. The first kappa shape index (κ1) is 12.9. The van der Waals surface area contributed by atoms with Crippen LogP contribution in [0.25, 0.3) is 0 Å². The Morgan fingerprint density at radius 1 is 1.33 bits per heavy atom. The van der Waals surface area contributed by atoms with E-state index in [4.69, 9.17) is 5.73 Å². The lowest BCUT2D eigenvalue weighted by molar-refractivity contribution is -0.122. The summed E-state index contributed by atoms with van der Waals surface area (Å²) in [5, 5.41) is 0. The second-order valence-corrected chi connectivity index (χ2v) is 5.02. The molecule has 1 aliphatic rings. The maximum atomic E-state index is 12.5. The van der Waals surface area contributed by atoms with Crippen LogP contribution in [-0.4, -0.2) is 17.9 Å². The largest absolute Gasteiger partial charge is 0.396 e. The molecule has 0 atom stereocenters. The summed E-state index contributed by atoms with van der Waals surface area (Å²) in [6.07, 6.45) is 10.1. The molecule has 1 aromatic rings. The SMILES string of the molecule is CN(C(=O)C1CCCCCC1)c1ccncc1N. The van der Waals surface area contributed by atoms with Gasteiger partial charge in [0.25, 0.3) is 0 Å². The second kappa shape index (κ2) is 5.85. The van der Waals surface area contributed by atoms with Crippen LogP contribution in [0.15, 0.2) is 18.5 Å². The highest BCUT2D eigenvalue weighted by atomic mass is 16.2. The number of nitrogen functional groups attached to an aromatic ring is 1. The van der Waals surface area contributed by atoms with E-state index in [1.807, 2.05) is 0 Å². The quantitative estimate of drug-likeness (QED) is 0.817. The molecular formula is C14H21N3O. The predicted molar refractivity (Wildman–Crippen MR) is 73.3 cm³/mol. The molecular weight excluding hydrogens is 226 g/mol. The highest BCUT2D eigenvalue weighted by Crippen LogP contribution is 2.27. The third kappa shape index (κ3) is 2.81. The standard InChI is InChI=1S/C14H21N3O/c1-17(13-8-9-16-10-12(13)15)14(18)11-6-4-2-3-5-7-11/h8-11H,2-7,15H2,1H3. The monoisotopic (exact) mass is 247 g/mol. The van der Waals surface area contributed by atoms with Crippen molar-refractivity contribution in [3.8, 4) is 0 Å². The molecule has 2 N–H and O–H groups in total. The highest BCUT2D eigenvalue weighted by Gasteiger charge is 2.24. The van der Waals surface area contributed by atoms with Gasteiger partial charge in [-0.05, 0) is 18.9 Å². The maximum absolute atomic E-state index is 12.5. The Kier molecular flexibility index (Phi) is 4.18. The third-order valence-electron chi connectivity index (χ3n) is 3.72. The smallest absolute Gasteiger partial charge is 0.229 e. The first-order valence-electron chi connectivity index (χ1n) is 6.67. The minimum absolute atomic E-state index is 0.157. The van der Waals surface area contributed by atoms with E-state index >= 15 is 0 Å². The van der Waals surface area contributed by atoms with Crippen LogP contribution in [0.5, 0.6) is 0 Å². The molecule has 4 heteroatoms. The number of rotatable bonds is 2. The molecule has 0 bridgehead atoms. The molecule has 0 saturated heterocycles. The van der Waals surface area contributed by atoms with E-state index in [2.05, 4.69) is 4.98 Å². The molecule has 0 unspecified atom stereocenters. The van der Waals surface area contributed by atoms with Gasteiger partial charge in [0.05, 0.1) is 17.6 Å². The number of aromatic nitrogens is 1. The summed E-state index contributed by atoms with van der Waals surface area (Å²) >= 11 is 0. The predicted octanol–water partition coefficient (Wildman–Crippen LogP) is 2.60. The summed E-state index contributed by atoms with van der Waals surface area (Å²) in [5.41, 5.74) is 7.18. The lowest BCUT2D eigenvalue weighted by atomic mass is 9.98. The lowest BCUT2D eigenvalue weighted by Crippen LogP contribution is -2.33. The first-order valence-corrected chi connectivity index (χ1v) is 6.67. The molecule has 1 amide bonds. The van der Waals surface area contributed by atoms with Gasteiger partial charge >= 0.3 is 0 Å². The minimum atomic E-state index is 0.157. The van der Waals surface area contributed by atoms with Gasteiger partial charge in [-0.2, -0.15) is 0 Å². The van der Waals surface area contributed by atoms with Crippen LogP contribution in [-0.2, 0) is 4.79 Å². The van der Waals surface area contributed by atoms with E-state index in [-0.39, 0.29) is 11.8 Å². The Hall–Kier alpha value is -1.58. The Morgan fingerprint density at radius 2 is 2.00 bits per heavy atom. The van der Waals surface area contributed by atoms with Crippen molar-refractivity contribution in [2.24, 2.45) is 5.92 Å². The van der Waals surface area contributed by atoms with Crippen molar-refractivity contribution in [1.29, 1.82) is 0 Å². The van der Waals surface area contributed by atoms with Crippen molar-refractivity contribution in [2.75, 3.05) is 17.7 Å². The van der Waals surface area contributed by atoms with Gasteiger partial charge < -0.3 is 10.6 Å². The van der Waals surface area contributed by atoms with Crippen molar-refractivity contribution in [2.45, 2.75) is 38.5 Å². The van der Waals surface area contributed by atoms with Crippen molar-refractivity contribution in [1.82, 2.24) is 4.98 Å². The number of hydrogen-bond acceptors (Lipinski definition) is 3. The van der Waals surface area contributed by atoms with Crippen molar-refractivity contribution in [3.63, 3.8) is 0 Å². The van der Waals surface area contributed by atoms with E-state index in [0.717, 1.165) is 31.4 Å². The zero-order chi connectivity index (χ0) is 13.0. The Bertz CT molecular complexity index is 411. The van der Waals surface area contributed by atoms with Gasteiger partial charge in [-0.3, -0.25) is 9.78 Å². The zero-order valence-corrected chi connectivity index (χ0v) is 10.9. The highest BCUT2D eigenvalue weighted by molar-refractivity contribution is 5.97. The Balaban J connectivity index is 2.10. The molecule has 18 heavy (non-hydrogen) atoms. The van der Waals surface area contributed by atoms with Gasteiger partial charge in [0.2, 0.25) is 5.91 Å². The lowest BCUT2D eigenvalue weighted by Gasteiger charge is -2.23. The normalized spacial score (nSPS) is 17.2. The second-order valence-electron chi connectivity index (χ2n) is 5.02. The van der Waals surface area contributed by atoms with Gasteiger partial charge in [0, 0.05) is 19.2 Å². The van der Waals surface area contributed by atoms with E-state index in [9.17, 15) is 4.79 Å². The molecule has 4 nitrogen and oxygen atoms in total. The minimum Gasteiger partial charge on any atom is -0.396 e. The summed E-state index contributed by atoms with van der Waals surface area (Å²) in [7, 11) is 1.80. The summed E-state index contributed by atoms with van der Waals surface area (Å²) in [5.74, 6) is 0.347. The molecule has 1 saturated carbocycles. The molecule has 1 heterocycles. The van der Waals surface area contributed by atoms with Gasteiger partial charge in [0.15, 0.2) is 0 Å². The number of nitrogens with two attached hydrogens (primary N) is 1. The Morgan fingerprint density at radius 3 is 2.61 bits per heavy atom. The van der Waals surface area contributed by atoms with E-state index in [0.29, 0.717) is 5.69 Å². The van der Waals surface area contributed by atoms with Crippen LogP contribution in [0.3, 0.4) is 0 Å². The number of hydrogen-bond donors (Lipinski definition) is 1.